The number of benzene rings is 1. The van der Waals surface area contributed by atoms with Crippen LogP contribution in [0.25, 0.3) is 0 Å². The second-order valence-electron chi connectivity index (χ2n) is 3.05. The number of nitrogens with one attached hydrogen (secondary N) is 1. The highest BCUT2D eigenvalue weighted by atomic mass is 79.9. The van der Waals surface area contributed by atoms with Crippen LogP contribution in [0.4, 0.5) is 5.69 Å². The Hall–Kier alpha value is -1.78. The van der Waals surface area contributed by atoms with E-state index < -0.39 is 0 Å². The maximum absolute atomic E-state index is 11.7. The highest BCUT2D eigenvalue weighted by Gasteiger charge is 2.11. The van der Waals surface area contributed by atoms with Gasteiger partial charge in [0, 0.05) is 9.85 Å². The average Bonchev–Trinajstić information content (AvgIpc) is 2.85. The smallest absolute Gasteiger partial charge is 0.277 e. The zero-order valence-electron chi connectivity index (χ0n) is 8.35. The molecule has 0 saturated carbocycles. The van der Waals surface area contributed by atoms with E-state index >= 15 is 0 Å². The Bertz CT molecular complexity index is 591. The molecule has 0 aliphatic heterocycles. The zero-order chi connectivity index (χ0) is 12.3. The average molecular weight is 309 g/mol. The number of hydrogen-bond donors (Lipinski definition) is 1. The van der Waals surface area contributed by atoms with E-state index in [2.05, 4.69) is 30.8 Å². The summed E-state index contributed by atoms with van der Waals surface area (Å²) in [4.78, 5) is 11.7. The third kappa shape index (κ3) is 2.67. The molecule has 0 fully saturated rings. The van der Waals surface area contributed by atoms with Crippen molar-refractivity contribution in [3.05, 3.63) is 39.3 Å². The minimum atomic E-state index is -0.377. The van der Waals surface area contributed by atoms with Gasteiger partial charge < -0.3 is 5.32 Å². The quantitative estimate of drug-likeness (QED) is 0.924. The van der Waals surface area contributed by atoms with Gasteiger partial charge >= 0.3 is 0 Å². The third-order valence-electron chi connectivity index (χ3n) is 1.94. The molecule has 0 saturated heterocycles. The predicted octanol–water partition coefficient (Wildman–Crippen LogP) is 2.42. The van der Waals surface area contributed by atoms with Crippen LogP contribution in [0.1, 0.15) is 16.1 Å². The van der Waals surface area contributed by atoms with Gasteiger partial charge in [0.05, 0.1) is 11.3 Å². The Morgan fingerprint density at radius 2 is 2.35 bits per heavy atom. The Morgan fingerprint density at radius 1 is 1.53 bits per heavy atom. The second kappa shape index (κ2) is 5.03. The highest BCUT2D eigenvalue weighted by Crippen LogP contribution is 2.20. The van der Waals surface area contributed by atoms with Crippen LogP contribution in [0.5, 0.6) is 0 Å². The van der Waals surface area contributed by atoms with Gasteiger partial charge in [-0.15, -0.1) is 5.10 Å². The monoisotopic (exact) mass is 308 g/mol. The first-order valence-electron chi connectivity index (χ1n) is 4.49. The van der Waals surface area contributed by atoms with Crippen molar-refractivity contribution < 1.29 is 4.79 Å². The molecule has 0 bridgehead atoms. The van der Waals surface area contributed by atoms with Crippen LogP contribution in [0, 0.1) is 11.3 Å². The first kappa shape index (κ1) is 11.7. The lowest BCUT2D eigenvalue weighted by atomic mass is 10.2. The van der Waals surface area contributed by atoms with Crippen molar-refractivity contribution in [1.82, 2.24) is 9.59 Å². The van der Waals surface area contributed by atoms with Gasteiger partial charge in [0.25, 0.3) is 5.91 Å². The number of rotatable bonds is 2. The molecule has 5 nitrogen and oxygen atoms in total. The molecule has 1 N–H and O–H groups in total. The molecule has 84 valence electrons. The van der Waals surface area contributed by atoms with Gasteiger partial charge in [-0.1, -0.05) is 20.4 Å². The summed E-state index contributed by atoms with van der Waals surface area (Å²) in [7, 11) is 0. The molecule has 1 aromatic heterocycles. The summed E-state index contributed by atoms with van der Waals surface area (Å²) in [6, 6.07) is 7.04. The molecule has 0 aliphatic rings. The van der Waals surface area contributed by atoms with Crippen LogP contribution in [-0.4, -0.2) is 15.5 Å². The minimum absolute atomic E-state index is 0.238. The van der Waals surface area contributed by atoms with E-state index in [0.29, 0.717) is 11.3 Å². The summed E-state index contributed by atoms with van der Waals surface area (Å²) in [5, 5.41) is 16.7. The van der Waals surface area contributed by atoms with Crippen LogP contribution < -0.4 is 5.32 Å². The molecule has 1 amide bonds. The molecule has 0 spiro atoms. The van der Waals surface area contributed by atoms with Crippen molar-refractivity contribution in [3.8, 4) is 6.07 Å². The fourth-order valence-corrected chi connectivity index (χ4v) is 1.97. The Balaban J connectivity index is 2.25. The number of carbonyl (C=O) groups is 1. The van der Waals surface area contributed by atoms with Crippen LogP contribution in [0.2, 0.25) is 0 Å². The Morgan fingerprint density at radius 3 is 3.00 bits per heavy atom. The number of amides is 1. The molecule has 0 atom stereocenters. The van der Waals surface area contributed by atoms with E-state index in [1.54, 1.807) is 23.6 Å². The topological polar surface area (TPSA) is 78.7 Å². The lowest BCUT2D eigenvalue weighted by Crippen LogP contribution is -2.13. The normalized spacial score (nSPS) is 9.65. The Labute approximate surface area is 109 Å². The molecule has 2 aromatic rings. The van der Waals surface area contributed by atoms with E-state index in [1.807, 2.05) is 6.07 Å². The third-order valence-corrected chi connectivity index (χ3v) is 2.94. The van der Waals surface area contributed by atoms with E-state index in [-0.39, 0.29) is 11.6 Å². The number of anilines is 1. The predicted molar refractivity (Wildman–Crippen MR) is 66.7 cm³/mol. The van der Waals surface area contributed by atoms with E-state index in [0.717, 1.165) is 16.0 Å². The van der Waals surface area contributed by atoms with Crippen LogP contribution in [-0.2, 0) is 0 Å². The van der Waals surface area contributed by atoms with Crippen molar-refractivity contribution in [2.24, 2.45) is 0 Å². The molecular weight excluding hydrogens is 304 g/mol. The maximum Gasteiger partial charge on any atom is 0.277 e. The molecule has 1 aromatic carbocycles. The number of carbonyl (C=O) groups excluding carboxylic acids is 1. The lowest BCUT2D eigenvalue weighted by molar-refractivity contribution is 0.102. The van der Waals surface area contributed by atoms with Crippen molar-refractivity contribution in [1.29, 1.82) is 5.26 Å². The van der Waals surface area contributed by atoms with Gasteiger partial charge in [-0.2, -0.15) is 5.26 Å². The second-order valence-corrected chi connectivity index (χ2v) is 4.57. The van der Waals surface area contributed by atoms with E-state index in [9.17, 15) is 4.79 Å². The summed E-state index contributed by atoms with van der Waals surface area (Å²) in [6.45, 7) is 0. The molecule has 1 heterocycles. The van der Waals surface area contributed by atoms with Gasteiger partial charge in [0.15, 0.2) is 5.69 Å². The molecule has 17 heavy (non-hydrogen) atoms. The number of nitrogens with zero attached hydrogens (tertiary/aromatic N) is 3. The SMILES string of the molecule is N#Cc1cc(Br)ccc1NC(=O)c1csnn1. The van der Waals surface area contributed by atoms with Gasteiger partial charge in [0.1, 0.15) is 6.07 Å². The fourth-order valence-electron chi connectivity index (χ4n) is 1.17. The molecule has 0 unspecified atom stereocenters. The van der Waals surface area contributed by atoms with Gasteiger partial charge in [0.2, 0.25) is 0 Å². The highest BCUT2D eigenvalue weighted by molar-refractivity contribution is 9.10. The van der Waals surface area contributed by atoms with E-state index in [4.69, 9.17) is 5.26 Å². The molecule has 7 heteroatoms. The number of nitriles is 1. The molecule has 0 radical (unpaired) electrons. The summed E-state index contributed by atoms with van der Waals surface area (Å²) < 4.78 is 4.38. The van der Waals surface area contributed by atoms with Crippen LogP contribution in [0.15, 0.2) is 28.1 Å². The lowest BCUT2D eigenvalue weighted by Gasteiger charge is -2.05. The van der Waals surface area contributed by atoms with Gasteiger partial charge in [-0.3, -0.25) is 4.79 Å². The van der Waals surface area contributed by atoms with Gasteiger partial charge in [-0.25, -0.2) is 0 Å². The van der Waals surface area contributed by atoms with Crippen LogP contribution >= 0.6 is 27.5 Å². The first-order chi connectivity index (χ1) is 8.20. The first-order valence-corrected chi connectivity index (χ1v) is 6.11. The maximum atomic E-state index is 11.7. The standard InChI is InChI=1S/C10H5BrN4OS/c11-7-1-2-8(6(3-7)4-12)13-10(16)9-5-17-15-14-9/h1-3,5H,(H,13,16). The summed E-state index contributed by atoms with van der Waals surface area (Å²) in [5.74, 6) is -0.377. The van der Waals surface area contributed by atoms with Crippen molar-refractivity contribution in [2.45, 2.75) is 0 Å². The molecule has 2 rings (SSSR count). The zero-order valence-corrected chi connectivity index (χ0v) is 10.7. The summed E-state index contributed by atoms with van der Waals surface area (Å²) >= 11 is 4.35. The number of halogens is 1. The Kier molecular flexibility index (Phi) is 3.46. The number of aromatic nitrogens is 2. The van der Waals surface area contributed by atoms with E-state index in [1.165, 1.54) is 0 Å². The fraction of sp³-hybridized carbons (Fsp3) is 0. The van der Waals surface area contributed by atoms with Crippen molar-refractivity contribution >= 4 is 39.1 Å². The molecule has 0 aliphatic carbocycles. The van der Waals surface area contributed by atoms with Crippen molar-refractivity contribution in [2.75, 3.05) is 5.32 Å². The number of hydrogen-bond acceptors (Lipinski definition) is 5. The summed E-state index contributed by atoms with van der Waals surface area (Å²) in [6.07, 6.45) is 0. The van der Waals surface area contributed by atoms with Crippen molar-refractivity contribution in [3.63, 3.8) is 0 Å². The summed E-state index contributed by atoms with van der Waals surface area (Å²) in [5.41, 5.74) is 1.08. The molecular formula is C10H5BrN4OS. The minimum Gasteiger partial charge on any atom is -0.319 e. The van der Waals surface area contributed by atoms with Crippen LogP contribution in [0.3, 0.4) is 0 Å². The van der Waals surface area contributed by atoms with Gasteiger partial charge in [-0.05, 0) is 29.7 Å². The largest absolute Gasteiger partial charge is 0.319 e.